The molecule has 2 heterocycles. The molecule has 0 unspecified atom stereocenters. The first-order chi connectivity index (χ1) is 13.7. The molecule has 1 aliphatic heterocycles. The molecule has 3 rings (SSSR count). The quantitative estimate of drug-likeness (QED) is 0.366. The van der Waals surface area contributed by atoms with Gasteiger partial charge in [-0.2, -0.15) is 0 Å². The molecule has 2 aromatic rings. The molecule has 1 aliphatic rings. The van der Waals surface area contributed by atoms with Crippen LogP contribution in [0.4, 0.5) is 0 Å². The lowest BCUT2D eigenvalue weighted by molar-refractivity contribution is 0.194. The van der Waals surface area contributed by atoms with Gasteiger partial charge in [0.25, 0.3) is 0 Å². The number of oxazole rings is 1. The Morgan fingerprint density at radius 2 is 1.90 bits per heavy atom. The minimum atomic E-state index is 0. The Bertz CT molecular complexity index is 775. The summed E-state index contributed by atoms with van der Waals surface area (Å²) in [4.78, 5) is 13.9. The molecule has 0 radical (unpaired) electrons. The molecule has 1 N–H and O–H groups in total. The van der Waals surface area contributed by atoms with Gasteiger partial charge < -0.3 is 14.6 Å². The van der Waals surface area contributed by atoms with Gasteiger partial charge >= 0.3 is 0 Å². The van der Waals surface area contributed by atoms with Crippen molar-refractivity contribution in [3.8, 4) is 0 Å². The topological polar surface area (TPSA) is 56.9 Å². The average molecular weight is 509 g/mol. The SMILES string of the molecule is CCNC(=NCc1nc(C)c(C)o1)N1CCN(CC=Cc2ccccc2)CC1.I. The van der Waals surface area contributed by atoms with Gasteiger partial charge in [0.1, 0.15) is 12.3 Å². The summed E-state index contributed by atoms with van der Waals surface area (Å²) in [5.74, 6) is 2.48. The second kappa shape index (κ2) is 12.0. The molecule has 1 aromatic carbocycles. The van der Waals surface area contributed by atoms with Crippen LogP contribution in [0.5, 0.6) is 0 Å². The Morgan fingerprint density at radius 3 is 2.52 bits per heavy atom. The van der Waals surface area contributed by atoms with Crippen LogP contribution in [0, 0.1) is 13.8 Å². The molecule has 0 atom stereocenters. The third-order valence-electron chi connectivity index (χ3n) is 4.92. The smallest absolute Gasteiger partial charge is 0.216 e. The van der Waals surface area contributed by atoms with Crippen LogP contribution in [-0.4, -0.2) is 60.0 Å². The van der Waals surface area contributed by atoms with Gasteiger partial charge in [-0.3, -0.25) is 4.90 Å². The van der Waals surface area contributed by atoms with E-state index >= 15 is 0 Å². The van der Waals surface area contributed by atoms with Gasteiger partial charge in [0.2, 0.25) is 5.89 Å². The van der Waals surface area contributed by atoms with E-state index in [-0.39, 0.29) is 24.0 Å². The lowest BCUT2D eigenvalue weighted by Gasteiger charge is -2.36. The van der Waals surface area contributed by atoms with Crippen LogP contribution < -0.4 is 5.32 Å². The number of aromatic nitrogens is 1. The Kier molecular flexibility index (Phi) is 9.66. The lowest BCUT2D eigenvalue weighted by Crippen LogP contribution is -2.52. The molecule has 0 saturated carbocycles. The highest BCUT2D eigenvalue weighted by atomic mass is 127. The van der Waals surface area contributed by atoms with Crippen molar-refractivity contribution in [3.63, 3.8) is 0 Å². The standard InChI is InChI=1S/C22H31N5O.HI/c1-4-23-22(24-17-21-25-18(2)19(3)28-21)27-15-13-26(14-16-27)12-8-11-20-9-6-5-7-10-20;/h5-11H,4,12-17H2,1-3H3,(H,23,24);1H. The second-order valence-corrected chi connectivity index (χ2v) is 7.02. The summed E-state index contributed by atoms with van der Waals surface area (Å²) in [5.41, 5.74) is 2.19. The maximum Gasteiger partial charge on any atom is 0.216 e. The highest BCUT2D eigenvalue weighted by molar-refractivity contribution is 14.0. The van der Waals surface area contributed by atoms with E-state index in [4.69, 9.17) is 9.41 Å². The Balaban J connectivity index is 0.00000300. The number of hydrogen-bond acceptors (Lipinski definition) is 4. The molecular formula is C22H32IN5O. The van der Waals surface area contributed by atoms with Crippen LogP contribution in [0.15, 0.2) is 45.8 Å². The Hall–Kier alpha value is -1.87. The van der Waals surface area contributed by atoms with Crippen molar-refractivity contribution >= 4 is 36.0 Å². The predicted molar refractivity (Wildman–Crippen MR) is 130 cm³/mol. The number of aryl methyl sites for hydroxylation is 2. The van der Waals surface area contributed by atoms with Crippen molar-refractivity contribution in [2.75, 3.05) is 39.3 Å². The summed E-state index contributed by atoms with van der Waals surface area (Å²) < 4.78 is 5.65. The summed E-state index contributed by atoms with van der Waals surface area (Å²) in [6.07, 6.45) is 4.44. The van der Waals surface area contributed by atoms with E-state index < -0.39 is 0 Å². The number of nitrogens with zero attached hydrogens (tertiary/aromatic N) is 4. The van der Waals surface area contributed by atoms with Crippen LogP contribution in [0.3, 0.4) is 0 Å². The second-order valence-electron chi connectivity index (χ2n) is 7.02. The van der Waals surface area contributed by atoms with E-state index in [2.05, 4.69) is 63.4 Å². The molecule has 0 spiro atoms. The average Bonchev–Trinajstić information content (AvgIpc) is 3.04. The first kappa shape index (κ1) is 23.4. The maximum absolute atomic E-state index is 5.65. The number of piperazine rings is 1. The third kappa shape index (κ3) is 7.15. The zero-order chi connectivity index (χ0) is 19.8. The van der Waals surface area contributed by atoms with E-state index in [1.807, 2.05) is 19.9 Å². The van der Waals surface area contributed by atoms with Gasteiger partial charge in [0.05, 0.1) is 5.69 Å². The predicted octanol–water partition coefficient (Wildman–Crippen LogP) is 3.71. The monoisotopic (exact) mass is 509 g/mol. The zero-order valence-electron chi connectivity index (χ0n) is 17.6. The zero-order valence-corrected chi connectivity index (χ0v) is 19.9. The number of nitrogens with one attached hydrogen (secondary N) is 1. The van der Waals surface area contributed by atoms with E-state index in [0.29, 0.717) is 12.4 Å². The van der Waals surface area contributed by atoms with Crippen molar-refractivity contribution in [1.29, 1.82) is 0 Å². The highest BCUT2D eigenvalue weighted by Gasteiger charge is 2.19. The Labute approximate surface area is 191 Å². The van der Waals surface area contributed by atoms with Crippen molar-refractivity contribution in [2.45, 2.75) is 27.3 Å². The van der Waals surface area contributed by atoms with Gasteiger partial charge in [-0.25, -0.2) is 9.98 Å². The molecule has 1 saturated heterocycles. The largest absolute Gasteiger partial charge is 0.444 e. The van der Waals surface area contributed by atoms with Crippen LogP contribution >= 0.6 is 24.0 Å². The van der Waals surface area contributed by atoms with E-state index in [1.54, 1.807) is 0 Å². The fourth-order valence-corrected chi connectivity index (χ4v) is 3.22. The highest BCUT2D eigenvalue weighted by Crippen LogP contribution is 2.10. The number of halogens is 1. The Morgan fingerprint density at radius 1 is 1.17 bits per heavy atom. The molecule has 29 heavy (non-hydrogen) atoms. The third-order valence-corrected chi connectivity index (χ3v) is 4.92. The van der Waals surface area contributed by atoms with Gasteiger partial charge in [-0.15, -0.1) is 24.0 Å². The van der Waals surface area contributed by atoms with Crippen molar-refractivity contribution in [2.24, 2.45) is 4.99 Å². The molecule has 1 aromatic heterocycles. The molecule has 158 valence electrons. The summed E-state index contributed by atoms with van der Waals surface area (Å²) in [6, 6.07) is 10.4. The van der Waals surface area contributed by atoms with Crippen molar-refractivity contribution in [1.82, 2.24) is 20.1 Å². The van der Waals surface area contributed by atoms with Crippen molar-refractivity contribution in [3.05, 3.63) is 59.3 Å². The molecule has 7 heteroatoms. The van der Waals surface area contributed by atoms with E-state index in [9.17, 15) is 0 Å². The van der Waals surface area contributed by atoms with Crippen LogP contribution in [0.1, 0.15) is 29.8 Å². The number of benzene rings is 1. The van der Waals surface area contributed by atoms with Crippen molar-refractivity contribution < 1.29 is 4.42 Å². The van der Waals surface area contributed by atoms with Gasteiger partial charge in [-0.1, -0.05) is 42.5 Å². The first-order valence-corrected chi connectivity index (χ1v) is 10.1. The summed E-state index contributed by atoms with van der Waals surface area (Å²) in [7, 11) is 0. The van der Waals surface area contributed by atoms with E-state index in [1.165, 1.54) is 5.56 Å². The molecule has 0 aliphatic carbocycles. The molecular weight excluding hydrogens is 477 g/mol. The number of rotatable bonds is 6. The minimum absolute atomic E-state index is 0. The number of aliphatic imine (C=N–C) groups is 1. The van der Waals surface area contributed by atoms with E-state index in [0.717, 1.165) is 56.7 Å². The molecule has 1 fully saturated rings. The number of guanidine groups is 1. The summed E-state index contributed by atoms with van der Waals surface area (Å²) in [6.45, 7) is 12.3. The molecule has 0 bridgehead atoms. The number of hydrogen-bond donors (Lipinski definition) is 1. The van der Waals surface area contributed by atoms with Crippen LogP contribution in [0.25, 0.3) is 6.08 Å². The maximum atomic E-state index is 5.65. The van der Waals surface area contributed by atoms with Gasteiger partial charge in [0, 0.05) is 39.3 Å². The van der Waals surface area contributed by atoms with Gasteiger partial charge in [-0.05, 0) is 26.3 Å². The van der Waals surface area contributed by atoms with Gasteiger partial charge in [0.15, 0.2) is 5.96 Å². The molecule has 6 nitrogen and oxygen atoms in total. The normalized spacial score (nSPS) is 15.6. The molecule has 0 amide bonds. The summed E-state index contributed by atoms with van der Waals surface area (Å²) >= 11 is 0. The lowest BCUT2D eigenvalue weighted by atomic mass is 10.2. The van der Waals surface area contributed by atoms with Crippen LogP contribution in [0.2, 0.25) is 0 Å². The fraction of sp³-hybridized carbons (Fsp3) is 0.455. The summed E-state index contributed by atoms with van der Waals surface area (Å²) in [5, 5.41) is 3.40. The fourth-order valence-electron chi connectivity index (χ4n) is 3.22. The first-order valence-electron chi connectivity index (χ1n) is 10.1. The minimum Gasteiger partial charge on any atom is -0.444 e. The van der Waals surface area contributed by atoms with Crippen LogP contribution in [-0.2, 0) is 6.54 Å².